The molecule has 0 aliphatic heterocycles. The van der Waals surface area contributed by atoms with Crippen LogP contribution in [0.15, 0.2) is 36.9 Å². The quantitative estimate of drug-likeness (QED) is 0.661. The Hall–Kier alpha value is -1.97. The molecule has 0 radical (unpaired) electrons. The van der Waals surface area contributed by atoms with Crippen LogP contribution in [0, 0.1) is 0 Å². The maximum atomic E-state index is 10.7. The van der Waals surface area contributed by atoms with E-state index in [2.05, 4.69) is 24.1 Å². The van der Waals surface area contributed by atoms with Crippen LogP contribution in [0.1, 0.15) is 19.8 Å². The average molecular weight is 233 g/mol. The molecule has 0 aliphatic carbocycles. The predicted molar refractivity (Wildman–Crippen MR) is 72.2 cm³/mol. The minimum atomic E-state index is -0.554. The predicted octanol–water partition coefficient (Wildman–Crippen LogP) is 2.94. The van der Waals surface area contributed by atoms with Crippen molar-refractivity contribution in [2.45, 2.75) is 25.8 Å². The minimum absolute atomic E-state index is 0.358. The van der Waals surface area contributed by atoms with Gasteiger partial charge in [0.1, 0.15) is 0 Å². The number of carbonyl (C=O) groups excluding carboxylic acids is 1. The molecule has 0 bridgehead atoms. The first kappa shape index (κ1) is 13.1. The lowest BCUT2D eigenvalue weighted by atomic mass is 10.1. The third-order valence-corrected chi connectivity index (χ3v) is 2.35. The van der Waals surface area contributed by atoms with E-state index in [0.29, 0.717) is 11.7 Å². The number of anilines is 2. The van der Waals surface area contributed by atoms with Crippen molar-refractivity contribution in [3.05, 3.63) is 36.9 Å². The van der Waals surface area contributed by atoms with E-state index < -0.39 is 6.03 Å². The van der Waals surface area contributed by atoms with Gasteiger partial charge in [-0.3, -0.25) is 0 Å². The Balaban J connectivity index is 2.58. The molecule has 1 atom stereocenters. The Morgan fingerprint density at radius 1 is 1.53 bits per heavy atom. The Labute approximate surface area is 102 Å². The fourth-order valence-electron chi connectivity index (χ4n) is 1.55. The van der Waals surface area contributed by atoms with Crippen molar-refractivity contribution in [3.63, 3.8) is 0 Å². The molecular formula is C13H19N3O. The second-order valence-corrected chi connectivity index (χ2v) is 3.98. The molecule has 1 aromatic carbocycles. The van der Waals surface area contributed by atoms with Gasteiger partial charge in [0, 0.05) is 17.4 Å². The number of nitrogens with one attached hydrogen (secondary N) is 2. The van der Waals surface area contributed by atoms with Crippen molar-refractivity contribution in [2.75, 3.05) is 10.6 Å². The number of amides is 2. The molecule has 17 heavy (non-hydrogen) atoms. The topological polar surface area (TPSA) is 67.2 Å². The fourth-order valence-corrected chi connectivity index (χ4v) is 1.55. The lowest BCUT2D eigenvalue weighted by Crippen LogP contribution is -2.19. The van der Waals surface area contributed by atoms with Gasteiger partial charge < -0.3 is 16.4 Å². The molecule has 1 rings (SSSR count). The van der Waals surface area contributed by atoms with Gasteiger partial charge in [0.05, 0.1) is 0 Å². The van der Waals surface area contributed by atoms with Crippen LogP contribution in [-0.2, 0) is 0 Å². The summed E-state index contributed by atoms with van der Waals surface area (Å²) in [5.41, 5.74) is 6.72. The maximum absolute atomic E-state index is 10.7. The molecule has 4 N–H and O–H groups in total. The zero-order valence-electron chi connectivity index (χ0n) is 10.1. The molecule has 92 valence electrons. The van der Waals surface area contributed by atoms with E-state index in [1.807, 2.05) is 24.3 Å². The van der Waals surface area contributed by atoms with Crippen molar-refractivity contribution in [3.8, 4) is 0 Å². The number of hydrogen-bond acceptors (Lipinski definition) is 2. The number of benzene rings is 1. The van der Waals surface area contributed by atoms with Crippen LogP contribution in [0.2, 0.25) is 0 Å². The van der Waals surface area contributed by atoms with Crippen LogP contribution in [0.5, 0.6) is 0 Å². The van der Waals surface area contributed by atoms with E-state index >= 15 is 0 Å². The van der Waals surface area contributed by atoms with Gasteiger partial charge in [-0.1, -0.05) is 12.1 Å². The lowest BCUT2D eigenvalue weighted by Gasteiger charge is -2.15. The number of urea groups is 1. The second kappa shape index (κ2) is 6.58. The summed E-state index contributed by atoms with van der Waals surface area (Å²) in [5, 5.41) is 5.89. The lowest BCUT2D eigenvalue weighted by molar-refractivity contribution is 0.259. The first-order chi connectivity index (χ1) is 8.11. The van der Waals surface area contributed by atoms with E-state index in [-0.39, 0.29) is 0 Å². The first-order valence-corrected chi connectivity index (χ1v) is 5.65. The SMILES string of the molecule is C=CCCC(C)Nc1cccc(NC(N)=O)c1. The van der Waals surface area contributed by atoms with Gasteiger partial charge in [0.25, 0.3) is 0 Å². The maximum Gasteiger partial charge on any atom is 0.316 e. The highest BCUT2D eigenvalue weighted by molar-refractivity contribution is 5.88. The Morgan fingerprint density at radius 3 is 2.88 bits per heavy atom. The summed E-state index contributed by atoms with van der Waals surface area (Å²) in [6.45, 7) is 5.81. The molecule has 0 aliphatic rings. The van der Waals surface area contributed by atoms with Crippen LogP contribution >= 0.6 is 0 Å². The molecule has 2 amide bonds. The van der Waals surface area contributed by atoms with Gasteiger partial charge in [-0.25, -0.2) is 4.79 Å². The van der Waals surface area contributed by atoms with E-state index in [1.165, 1.54) is 0 Å². The molecule has 1 aromatic rings. The van der Waals surface area contributed by atoms with Crippen molar-refractivity contribution >= 4 is 17.4 Å². The molecule has 4 heteroatoms. The molecule has 0 fully saturated rings. The van der Waals surface area contributed by atoms with Crippen molar-refractivity contribution in [2.24, 2.45) is 5.73 Å². The summed E-state index contributed by atoms with van der Waals surface area (Å²) in [4.78, 5) is 10.7. The van der Waals surface area contributed by atoms with Gasteiger partial charge in [-0.15, -0.1) is 6.58 Å². The van der Waals surface area contributed by atoms with Gasteiger partial charge >= 0.3 is 6.03 Å². The summed E-state index contributed by atoms with van der Waals surface area (Å²) >= 11 is 0. The van der Waals surface area contributed by atoms with Crippen LogP contribution in [0.4, 0.5) is 16.2 Å². The molecule has 0 saturated heterocycles. The average Bonchev–Trinajstić information content (AvgIpc) is 2.26. The smallest absolute Gasteiger partial charge is 0.316 e. The Morgan fingerprint density at radius 2 is 2.24 bits per heavy atom. The summed E-state index contributed by atoms with van der Waals surface area (Å²) in [7, 11) is 0. The number of rotatable bonds is 6. The Bertz CT molecular complexity index is 390. The van der Waals surface area contributed by atoms with Crippen molar-refractivity contribution < 1.29 is 4.79 Å². The third kappa shape index (κ3) is 5.06. The summed E-state index contributed by atoms with van der Waals surface area (Å²) < 4.78 is 0. The number of primary amides is 1. The monoisotopic (exact) mass is 233 g/mol. The molecule has 1 unspecified atom stereocenters. The number of carbonyl (C=O) groups is 1. The highest BCUT2D eigenvalue weighted by Crippen LogP contribution is 2.16. The normalized spacial score (nSPS) is 11.6. The number of allylic oxidation sites excluding steroid dienone is 1. The first-order valence-electron chi connectivity index (χ1n) is 5.65. The van der Waals surface area contributed by atoms with E-state index in [4.69, 9.17) is 5.73 Å². The van der Waals surface area contributed by atoms with Gasteiger partial charge in [-0.2, -0.15) is 0 Å². The molecular weight excluding hydrogens is 214 g/mol. The second-order valence-electron chi connectivity index (χ2n) is 3.98. The standard InChI is InChI=1S/C13H19N3O/c1-3-4-6-10(2)15-11-7-5-8-12(9-11)16-13(14)17/h3,5,7-10,15H,1,4,6H2,2H3,(H3,14,16,17). The molecule has 4 nitrogen and oxygen atoms in total. The van der Waals surface area contributed by atoms with Crippen LogP contribution < -0.4 is 16.4 Å². The molecule has 0 spiro atoms. The molecule has 0 saturated carbocycles. The largest absolute Gasteiger partial charge is 0.383 e. The van der Waals surface area contributed by atoms with Crippen LogP contribution in [-0.4, -0.2) is 12.1 Å². The minimum Gasteiger partial charge on any atom is -0.383 e. The summed E-state index contributed by atoms with van der Waals surface area (Å²) in [6.07, 6.45) is 3.91. The molecule has 0 aromatic heterocycles. The number of nitrogens with two attached hydrogens (primary N) is 1. The fraction of sp³-hybridized carbons (Fsp3) is 0.308. The van der Waals surface area contributed by atoms with Gasteiger partial charge in [0.2, 0.25) is 0 Å². The third-order valence-electron chi connectivity index (χ3n) is 2.35. The summed E-state index contributed by atoms with van der Waals surface area (Å²) in [6, 6.07) is 7.28. The highest BCUT2D eigenvalue weighted by atomic mass is 16.2. The van der Waals surface area contributed by atoms with E-state index in [9.17, 15) is 4.79 Å². The molecule has 0 heterocycles. The highest BCUT2D eigenvalue weighted by Gasteiger charge is 2.02. The number of hydrogen-bond donors (Lipinski definition) is 3. The van der Waals surface area contributed by atoms with Crippen molar-refractivity contribution in [1.82, 2.24) is 0 Å². The zero-order valence-corrected chi connectivity index (χ0v) is 10.1. The van der Waals surface area contributed by atoms with E-state index in [1.54, 1.807) is 6.07 Å². The zero-order chi connectivity index (χ0) is 12.7. The van der Waals surface area contributed by atoms with Crippen molar-refractivity contribution in [1.29, 1.82) is 0 Å². The van der Waals surface area contributed by atoms with E-state index in [0.717, 1.165) is 18.5 Å². The van der Waals surface area contributed by atoms with Crippen LogP contribution in [0.25, 0.3) is 0 Å². The van der Waals surface area contributed by atoms with Gasteiger partial charge in [0.15, 0.2) is 0 Å². The summed E-state index contributed by atoms with van der Waals surface area (Å²) in [5.74, 6) is 0. The Kier molecular flexibility index (Phi) is 5.07. The van der Waals surface area contributed by atoms with Crippen LogP contribution in [0.3, 0.4) is 0 Å². The van der Waals surface area contributed by atoms with Gasteiger partial charge in [-0.05, 0) is 38.0 Å².